The van der Waals surface area contributed by atoms with E-state index in [1.54, 1.807) is 25.3 Å². The van der Waals surface area contributed by atoms with Gasteiger partial charge in [-0.3, -0.25) is 4.79 Å². The molecule has 1 saturated heterocycles. The number of morpholine rings is 1. The Bertz CT molecular complexity index is 840. The zero-order chi connectivity index (χ0) is 17.2. The minimum atomic E-state index is -3.76. The van der Waals surface area contributed by atoms with Gasteiger partial charge < -0.3 is 14.5 Å². The molecule has 3 rings (SSSR count). The summed E-state index contributed by atoms with van der Waals surface area (Å²) in [5.41, 5.74) is 0.790. The third-order valence-corrected chi connectivity index (χ3v) is 5.38. The molecule has 2 aromatic rings. The number of amides is 1. The van der Waals surface area contributed by atoms with Gasteiger partial charge in [0.05, 0.1) is 13.2 Å². The number of anilines is 1. The van der Waals surface area contributed by atoms with Crippen molar-refractivity contribution in [2.24, 2.45) is 0 Å². The molecule has 2 aromatic heterocycles. The minimum Gasteiger partial charge on any atom is -0.438 e. The van der Waals surface area contributed by atoms with Crippen molar-refractivity contribution in [2.45, 2.75) is 12.0 Å². The Morgan fingerprint density at radius 2 is 2.00 bits per heavy atom. The maximum absolute atomic E-state index is 12.5. The first-order chi connectivity index (χ1) is 11.5. The molecule has 0 saturated carbocycles. The number of sulfonamides is 1. The monoisotopic (exact) mass is 351 g/mol. The lowest BCUT2D eigenvalue weighted by Gasteiger charge is -2.24. The topological polar surface area (TPSA) is 102 Å². The molecular weight excluding hydrogens is 334 g/mol. The van der Waals surface area contributed by atoms with Gasteiger partial charge >= 0.3 is 0 Å². The first kappa shape index (κ1) is 16.6. The Morgan fingerprint density at radius 1 is 1.25 bits per heavy atom. The lowest BCUT2D eigenvalue weighted by Crippen LogP contribution is -2.40. The standard InChI is InChI=1S/C15H17N3O5S/c1-11-3-2-6-16-14(11)17-15(19)12-4-5-13(23-12)24(20,21)18-7-9-22-10-8-18/h2-6H,7-10H2,1H3,(H,16,17,19). The van der Waals surface area contributed by atoms with E-state index in [-0.39, 0.29) is 23.9 Å². The average Bonchev–Trinajstić information content (AvgIpc) is 3.09. The fourth-order valence-corrected chi connectivity index (χ4v) is 3.60. The van der Waals surface area contributed by atoms with Crippen LogP contribution >= 0.6 is 0 Å². The number of hydrogen-bond donors (Lipinski definition) is 1. The molecule has 0 spiro atoms. The van der Waals surface area contributed by atoms with Gasteiger partial charge in [0.2, 0.25) is 5.09 Å². The first-order valence-electron chi connectivity index (χ1n) is 7.39. The van der Waals surface area contributed by atoms with Crippen LogP contribution in [0.5, 0.6) is 0 Å². The van der Waals surface area contributed by atoms with Crippen LogP contribution in [0, 0.1) is 6.92 Å². The van der Waals surface area contributed by atoms with Gasteiger partial charge in [-0.25, -0.2) is 13.4 Å². The van der Waals surface area contributed by atoms with Gasteiger partial charge in [-0.2, -0.15) is 4.31 Å². The Kier molecular flexibility index (Phi) is 4.65. The SMILES string of the molecule is Cc1cccnc1NC(=O)c1ccc(S(=O)(=O)N2CCOCC2)o1. The number of ether oxygens (including phenoxy) is 1. The highest BCUT2D eigenvalue weighted by Crippen LogP contribution is 2.21. The molecule has 1 aliphatic heterocycles. The van der Waals surface area contributed by atoms with Crippen LogP contribution in [0.25, 0.3) is 0 Å². The van der Waals surface area contributed by atoms with Gasteiger partial charge in [0.15, 0.2) is 5.76 Å². The van der Waals surface area contributed by atoms with Gasteiger partial charge in [-0.1, -0.05) is 6.07 Å². The lowest BCUT2D eigenvalue weighted by molar-refractivity contribution is 0.0723. The number of nitrogens with zero attached hydrogens (tertiary/aromatic N) is 2. The first-order valence-corrected chi connectivity index (χ1v) is 8.83. The second-order valence-corrected chi connectivity index (χ2v) is 7.13. The summed E-state index contributed by atoms with van der Waals surface area (Å²) < 4.78 is 36.6. The van der Waals surface area contributed by atoms with Gasteiger partial charge in [0.25, 0.3) is 15.9 Å². The van der Waals surface area contributed by atoms with E-state index in [4.69, 9.17) is 9.15 Å². The highest BCUT2D eigenvalue weighted by atomic mass is 32.2. The minimum absolute atomic E-state index is 0.0908. The molecule has 0 bridgehead atoms. The van der Waals surface area contributed by atoms with Crippen molar-refractivity contribution in [3.05, 3.63) is 41.8 Å². The van der Waals surface area contributed by atoms with Crippen molar-refractivity contribution in [3.8, 4) is 0 Å². The van der Waals surface area contributed by atoms with Crippen molar-refractivity contribution in [1.29, 1.82) is 0 Å². The predicted molar refractivity (Wildman–Crippen MR) is 85.2 cm³/mol. The summed E-state index contributed by atoms with van der Waals surface area (Å²) in [6.07, 6.45) is 1.55. The molecule has 0 radical (unpaired) electrons. The van der Waals surface area contributed by atoms with E-state index in [1.807, 2.05) is 0 Å². The molecule has 1 fully saturated rings. The molecule has 1 aliphatic rings. The van der Waals surface area contributed by atoms with E-state index in [9.17, 15) is 13.2 Å². The molecule has 3 heterocycles. The third kappa shape index (κ3) is 3.32. The maximum Gasteiger partial charge on any atom is 0.292 e. The van der Waals surface area contributed by atoms with Crippen LogP contribution in [0.4, 0.5) is 5.82 Å². The number of aryl methyl sites for hydroxylation is 1. The predicted octanol–water partition coefficient (Wildman–Crippen LogP) is 1.26. The fourth-order valence-electron chi connectivity index (χ4n) is 2.28. The molecule has 1 N–H and O–H groups in total. The van der Waals surface area contributed by atoms with Crippen molar-refractivity contribution < 1.29 is 22.4 Å². The number of carbonyl (C=O) groups is 1. The van der Waals surface area contributed by atoms with E-state index in [0.717, 1.165) is 5.56 Å². The highest BCUT2D eigenvalue weighted by Gasteiger charge is 2.30. The third-order valence-electron chi connectivity index (χ3n) is 3.61. The van der Waals surface area contributed by atoms with Crippen molar-refractivity contribution >= 4 is 21.7 Å². The summed E-state index contributed by atoms with van der Waals surface area (Å²) in [4.78, 5) is 16.3. The number of rotatable bonds is 4. The molecule has 0 aromatic carbocycles. The molecule has 0 aliphatic carbocycles. The van der Waals surface area contributed by atoms with E-state index < -0.39 is 15.9 Å². The van der Waals surface area contributed by atoms with Crippen LogP contribution in [0.15, 0.2) is 40.0 Å². The van der Waals surface area contributed by atoms with Crippen LogP contribution in [0.1, 0.15) is 16.1 Å². The zero-order valence-electron chi connectivity index (χ0n) is 13.1. The van der Waals surface area contributed by atoms with Gasteiger partial charge in [-0.05, 0) is 30.7 Å². The molecule has 0 unspecified atom stereocenters. The quantitative estimate of drug-likeness (QED) is 0.890. The van der Waals surface area contributed by atoms with E-state index >= 15 is 0 Å². The summed E-state index contributed by atoms with van der Waals surface area (Å²) >= 11 is 0. The van der Waals surface area contributed by atoms with Crippen molar-refractivity contribution in [2.75, 3.05) is 31.6 Å². The van der Waals surface area contributed by atoms with Crippen LogP contribution in [0.2, 0.25) is 0 Å². The number of pyridine rings is 1. The number of carbonyl (C=O) groups excluding carboxylic acids is 1. The molecule has 1 amide bonds. The summed E-state index contributed by atoms with van der Waals surface area (Å²) in [5, 5.41) is 2.34. The summed E-state index contributed by atoms with van der Waals surface area (Å²) in [5.74, 6) is -0.247. The second-order valence-electron chi connectivity index (χ2n) is 5.26. The molecule has 128 valence electrons. The zero-order valence-corrected chi connectivity index (χ0v) is 13.9. The lowest BCUT2D eigenvalue weighted by atomic mass is 10.3. The molecule has 8 nitrogen and oxygen atoms in total. The summed E-state index contributed by atoms with van der Waals surface area (Å²) in [6.45, 7) is 3.01. The van der Waals surface area contributed by atoms with Crippen LogP contribution in [-0.4, -0.2) is 49.9 Å². The van der Waals surface area contributed by atoms with Crippen molar-refractivity contribution in [3.63, 3.8) is 0 Å². The molecular formula is C15H17N3O5S. The maximum atomic E-state index is 12.5. The number of aromatic nitrogens is 1. The molecule has 24 heavy (non-hydrogen) atoms. The fraction of sp³-hybridized carbons (Fsp3) is 0.333. The van der Waals surface area contributed by atoms with Crippen LogP contribution in [0.3, 0.4) is 0 Å². The Labute approximate surface area is 139 Å². The number of furan rings is 1. The molecule has 0 atom stereocenters. The molecule has 9 heteroatoms. The summed E-state index contributed by atoms with van der Waals surface area (Å²) in [6, 6.07) is 6.18. The van der Waals surface area contributed by atoms with E-state index in [0.29, 0.717) is 19.0 Å². The van der Waals surface area contributed by atoms with E-state index in [2.05, 4.69) is 10.3 Å². The number of nitrogens with one attached hydrogen (secondary N) is 1. The van der Waals surface area contributed by atoms with E-state index in [1.165, 1.54) is 16.4 Å². The Balaban J connectivity index is 1.77. The van der Waals surface area contributed by atoms with Gasteiger partial charge in [-0.15, -0.1) is 0 Å². The number of hydrogen-bond acceptors (Lipinski definition) is 6. The van der Waals surface area contributed by atoms with Gasteiger partial charge in [0.1, 0.15) is 5.82 Å². The highest BCUT2D eigenvalue weighted by molar-refractivity contribution is 7.89. The Morgan fingerprint density at radius 3 is 2.71 bits per heavy atom. The average molecular weight is 351 g/mol. The normalized spacial score (nSPS) is 16.0. The second kappa shape index (κ2) is 6.71. The Hall–Kier alpha value is -2.23. The van der Waals surface area contributed by atoms with Crippen molar-refractivity contribution in [1.82, 2.24) is 9.29 Å². The smallest absolute Gasteiger partial charge is 0.292 e. The largest absolute Gasteiger partial charge is 0.438 e. The van der Waals surface area contributed by atoms with Gasteiger partial charge in [0, 0.05) is 19.3 Å². The summed E-state index contributed by atoms with van der Waals surface area (Å²) in [7, 11) is -3.76. The van der Waals surface area contributed by atoms with Crippen LogP contribution in [-0.2, 0) is 14.8 Å². The van der Waals surface area contributed by atoms with Crippen LogP contribution < -0.4 is 5.32 Å².